The predicted molar refractivity (Wildman–Crippen MR) is 121 cm³/mol. The minimum atomic E-state index is -3.76. The molecule has 30 heavy (non-hydrogen) atoms. The van der Waals surface area contributed by atoms with E-state index in [0.717, 1.165) is 15.6 Å². The number of hydrazone groups is 1. The molecule has 8 heteroatoms. The molecule has 0 atom stereocenters. The molecule has 156 valence electrons. The maximum Gasteiger partial charge on any atom is 0.276 e. The van der Waals surface area contributed by atoms with Crippen molar-refractivity contribution in [2.24, 2.45) is 5.10 Å². The normalized spacial score (nSPS) is 11.4. The van der Waals surface area contributed by atoms with Crippen LogP contribution in [0.4, 0.5) is 0 Å². The van der Waals surface area contributed by atoms with Crippen molar-refractivity contribution in [1.29, 1.82) is 0 Å². The Balaban J connectivity index is 1.77. The number of nitrogens with one attached hydrogen (secondary N) is 1. The Hall–Kier alpha value is -2.84. The first-order valence-electron chi connectivity index (χ1n) is 9.04. The number of sulfonamides is 1. The molecule has 6 nitrogen and oxygen atoms in total. The fraction of sp³-hybridized carbons (Fsp3) is 0.136. The fourth-order valence-electron chi connectivity index (χ4n) is 2.61. The van der Waals surface area contributed by atoms with Crippen molar-refractivity contribution in [2.75, 3.05) is 7.11 Å². The van der Waals surface area contributed by atoms with Crippen LogP contribution in [0.25, 0.3) is 0 Å². The summed E-state index contributed by atoms with van der Waals surface area (Å²) in [6.07, 6.45) is 1.39. The summed E-state index contributed by atoms with van der Waals surface area (Å²) in [6.45, 7) is 2.24. The van der Waals surface area contributed by atoms with Gasteiger partial charge in [0, 0.05) is 10.0 Å². The van der Waals surface area contributed by atoms with E-state index in [0.29, 0.717) is 23.7 Å². The summed E-state index contributed by atoms with van der Waals surface area (Å²) in [4.78, 5) is 2.37. The van der Waals surface area contributed by atoms with E-state index in [1.54, 1.807) is 37.4 Å². The van der Waals surface area contributed by atoms with Crippen LogP contribution in [0.5, 0.6) is 11.5 Å². The minimum absolute atomic E-state index is 0.141. The van der Waals surface area contributed by atoms with Crippen LogP contribution in [0.1, 0.15) is 16.7 Å². The molecule has 0 spiro atoms. The molecule has 1 N–H and O–H groups in total. The van der Waals surface area contributed by atoms with Crippen molar-refractivity contribution in [1.82, 2.24) is 4.83 Å². The first-order valence-corrected chi connectivity index (χ1v) is 11.3. The highest BCUT2D eigenvalue weighted by Gasteiger charge is 2.12. The number of halogens is 1. The molecule has 0 unspecified atom stereocenters. The standard InChI is InChI=1S/C22H21BrN2O4S/c1-16-6-9-21(10-7-16)30(26,27)25-24-14-18-13-20(28-2)8-11-22(18)29-15-17-4-3-5-19(23)12-17/h3-14,25H,15H2,1-2H3/b24-14-. The summed E-state index contributed by atoms with van der Waals surface area (Å²) in [7, 11) is -2.21. The lowest BCUT2D eigenvalue weighted by Crippen LogP contribution is -2.18. The lowest BCUT2D eigenvalue weighted by molar-refractivity contribution is 0.305. The Bertz CT molecular complexity index is 1150. The van der Waals surface area contributed by atoms with Gasteiger partial charge in [0.1, 0.15) is 18.1 Å². The van der Waals surface area contributed by atoms with E-state index >= 15 is 0 Å². The van der Waals surface area contributed by atoms with Gasteiger partial charge in [-0.25, -0.2) is 4.83 Å². The number of ether oxygens (including phenoxy) is 2. The highest BCUT2D eigenvalue weighted by Crippen LogP contribution is 2.24. The molecule has 3 aromatic carbocycles. The zero-order valence-electron chi connectivity index (χ0n) is 16.5. The maximum atomic E-state index is 12.4. The molecule has 0 aliphatic carbocycles. The first-order chi connectivity index (χ1) is 14.4. The van der Waals surface area contributed by atoms with E-state index < -0.39 is 10.0 Å². The van der Waals surface area contributed by atoms with E-state index in [1.807, 2.05) is 31.2 Å². The van der Waals surface area contributed by atoms with E-state index in [4.69, 9.17) is 9.47 Å². The topological polar surface area (TPSA) is 77.0 Å². The monoisotopic (exact) mass is 488 g/mol. The first kappa shape index (κ1) is 21.9. The van der Waals surface area contributed by atoms with E-state index in [9.17, 15) is 8.42 Å². The van der Waals surface area contributed by atoms with Crippen LogP contribution < -0.4 is 14.3 Å². The molecule has 0 saturated heterocycles. The average Bonchev–Trinajstić information content (AvgIpc) is 2.73. The lowest BCUT2D eigenvalue weighted by Gasteiger charge is -2.11. The van der Waals surface area contributed by atoms with Crippen molar-refractivity contribution in [3.8, 4) is 11.5 Å². The Morgan fingerprint density at radius 2 is 1.83 bits per heavy atom. The molecule has 0 fully saturated rings. The van der Waals surface area contributed by atoms with E-state index in [2.05, 4.69) is 25.9 Å². The molecule has 0 aliphatic rings. The zero-order chi connectivity index (χ0) is 21.6. The number of rotatable bonds is 8. The van der Waals surface area contributed by atoms with Crippen LogP contribution in [-0.2, 0) is 16.6 Å². The van der Waals surface area contributed by atoms with Gasteiger partial charge < -0.3 is 9.47 Å². The minimum Gasteiger partial charge on any atom is -0.497 e. The number of hydrogen-bond acceptors (Lipinski definition) is 5. The third-order valence-electron chi connectivity index (χ3n) is 4.21. The molecule has 0 aliphatic heterocycles. The Labute approximate surface area is 184 Å². The summed E-state index contributed by atoms with van der Waals surface area (Å²) in [5.74, 6) is 1.15. The Morgan fingerprint density at radius 1 is 1.07 bits per heavy atom. The molecule has 0 saturated carbocycles. The summed E-state index contributed by atoms with van der Waals surface area (Å²) in [6, 6.07) is 19.6. The molecule has 0 bridgehead atoms. The molecule has 0 heterocycles. The van der Waals surface area contributed by atoms with Crippen molar-refractivity contribution in [2.45, 2.75) is 18.4 Å². The van der Waals surface area contributed by atoms with Gasteiger partial charge in [0.05, 0.1) is 18.2 Å². The van der Waals surface area contributed by atoms with E-state index in [-0.39, 0.29) is 4.90 Å². The van der Waals surface area contributed by atoms with Gasteiger partial charge in [-0.15, -0.1) is 0 Å². The molecule has 3 aromatic rings. The number of nitrogens with zero attached hydrogens (tertiary/aromatic N) is 1. The molecule has 3 rings (SSSR count). The second-order valence-electron chi connectivity index (χ2n) is 6.49. The van der Waals surface area contributed by atoms with Crippen molar-refractivity contribution in [3.63, 3.8) is 0 Å². The summed E-state index contributed by atoms with van der Waals surface area (Å²) < 4.78 is 36.9. The number of hydrogen-bond donors (Lipinski definition) is 1. The van der Waals surface area contributed by atoms with Crippen LogP contribution in [0, 0.1) is 6.92 Å². The molecule has 0 radical (unpaired) electrons. The fourth-order valence-corrected chi connectivity index (χ4v) is 3.85. The van der Waals surface area contributed by atoms with Crippen LogP contribution in [0.3, 0.4) is 0 Å². The van der Waals surface area contributed by atoms with Crippen LogP contribution in [-0.4, -0.2) is 21.7 Å². The van der Waals surface area contributed by atoms with Crippen molar-refractivity contribution in [3.05, 3.63) is 87.9 Å². The average molecular weight is 489 g/mol. The second-order valence-corrected chi connectivity index (χ2v) is 9.06. The molecular weight excluding hydrogens is 468 g/mol. The lowest BCUT2D eigenvalue weighted by atomic mass is 10.2. The summed E-state index contributed by atoms with van der Waals surface area (Å²) in [5, 5.41) is 3.91. The highest BCUT2D eigenvalue weighted by atomic mass is 79.9. The van der Waals surface area contributed by atoms with Crippen LogP contribution >= 0.6 is 15.9 Å². The molecule has 0 aromatic heterocycles. The third kappa shape index (κ3) is 5.84. The van der Waals surface area contributed by atoms with Gasteiger partial charge in [-0.2, -0.15) is 13.5 Å². The third-order valence-corrected chi connectivity index (χ3v) is 5.94. The van der Waals surface area contributed by atoms with E-state index in [1.165, 1.54) is 18.3 Å². The van der Waals surface area contributed by atoms with Gasteiger partial charge in [-0.1, -0.05) is 45.8 Å². The molecule has 0 amide bonds. The van der Waals surface area contributed by atoms with Gasteiger partial charge in [0.2, 0.25) is 0 Å². The molecular formula is C22H21BrN2O4S. The summed E-state index contributed by atoms with van der Waals surface area (Å²) >= 11 is 3.44. The smallest absolute Gasteiger partial charge is 0.276 e. The Morgan fingerprint density at radius 3 is 2.53 bits per heavy atom. The second kappa shape index (κ2) is 9.77. The van der Waals surface area contributed by atoms with Crippen molar-refractivity contribution < 1.29 is 17.9 Å². The summed E-state index contributed by atoms with van der Waals surface area (Å²) in [5.41, 5.74) is 2.54. The van der Waals surface area contributed by atoms with Crippen LogP contribution in [0.15, 0.2) is 81.2 Å². The Kier molecular flexibility index (Phi) is 7.12. The maximum absolute atomic E-state index is 12.4. The van der Waals surface area contributed by atoms with Gasteiger partial charge in [0.15, 0.2) is 0 Å². The van der Waals surface area contributed by atoms with Gasteiger partial charge in [-0.05, 0) is 55.0 Å². The van der Waals surface area contributed by atoms with Gasteiger partial charge in [0.25, 0.3) is 10.0 Å². The van der Waals surface area contributed by atoms with Crippen LogP contribution in [0.2, 0.25) is 0 Å². The highest BCUT2D eigenvalue weighted by molar-refractivity contribution is 9.10. The van der Waals surface area contributed by atoms with Gasteiger partial charge >= 0.3 is 0 Å². The predicted octanol–water partition coefficient (Wildman–Crippen LogP) is 4.66. The number of methoxy groups -OCH3 is 1. The number of benzene rings is 3. The number of aryl methyl sites for hydroxylation is 1. The SMILES string of the molecule is COc1ccc(OCc2cccc(Br)c2)c(/C=N\NS(=O)(=O)c2ccc(C)cc2)c1. The van der Waals surface area contributed by atoms with Crippen molar-refractivity contribution >= 4 is 32.2 Å². The quantitative estimate of drug-likeness (QED) is 0.369. The van der Waals surface area contributed by atoms with Gasteiger partial charge in [-0.3, -0.25) is 0 Å². The zero-order valence-corrected chi connectivity index (χ0v) is 18.9. The largest absolute Gasteiger partial charge is 0.497 e.